The Morgan fingerprint density at radius 1 is 1.67 bits per heavy atom. The van der Waals surface area contributed by atoms with Gasteiger partial charge in [0, 0.05) is 10.2 Å². The standard InChI is InChI=1S/C6H6Br2S/c7-4-5(8)6-2-1-3-9-6/h1-3,5H,4H2. The van der Waals surface area contributed by atoms with Gasteiger partial charge in [0.05, 0.1) is 4.83 Å². The molecule has 0 saturated carbocycles. The van der Waals surface area contributed by atoms with E-state index in [4.69, 9.17) is 0 Å². The lowest BCUT2D eigenvalue weighted by Crippen LogP contribution is -1.83. The molecule has 0 N–H and O–H groups in total. The molecule has 3 heteroatoms. The molecule has 1 rings (SSSR count). The van der Waals surface area contributed by atoms with E-state index in [2.05, 4.69) is 49.4 Å². The number of halogens is 2. The number of alkyl halides is 2. The van der Waals surface area contributed by atoms with Crippen molar-refractivity contribution in [3.8, 4) is 0 Å². The molecule has 1 aromatic rings. The van der Waals surface area contributed by atoms with Gasteiger partial charge in [-0.3, -0.25) is 0 Å². The van der Waals surface area contributed by atoms with Gasteiger partial charge in [-0.15, -0.1) is 11.3 Å². The summed E-state index contributed by atoms with van der Waals surface area (Å²) in [5, 5.41) is 3.07. The van der Waals surface area contributed by atoms with Gasteiger partial charge < -0.3 is 0 Å². The molecule has 50 valence electrons. The van der Waals surface area contributed by atoms with Crippen LogP contribution in [-0.4, -0.2) is 5.33 Å². The number of thiophene rings is 1. The van der Waals surface area contributed by atoms with Crippen molar-refractivity contribution in [3.05, 3.63) is 22.4 Å². The van der Waals surface area contributed by atoms with Crippen molar-refractivity contribution in [2.24, 2.45) is 0 Å². The van der Waals surface area contributed by atoms with Crippen LogP contribution in [0.25, 0.3) is 0 Å². The summed E-state index contributed by atoms with van der Waals surface area (Å²) in [7, 11) is 0. The monoisotopic (exact) mass is 268 g/mol. The van der Waals surface area contributed by atoms with Crippen LogP contribution in [0, 0.1) is 0 Å². The van der Waals surface area contributed by atoms with Gasteiger partial charge in [0.1, 0.15) is 0 Å². The van der Waals surface area contributed by atoms with Crippen LogP contribution in [0.5, 0.6) is 0 Å². The lowest BCUT2D eigenvalue weighted by Gasteiger charge is -1.98. The van der Waals surface area contributed by atoms with Gasteiger partial charge in [-0.25, -0.2) is 0 Å². The molecular weight excluding hydrogens is 264 g/mol. The molecule has 0 nitrogen and oxygen atoms in total. The Bertz CT molecular complexity index is 160. The Morgan fingerprint density at radius 2 is 2.44 bits per heavy atom. The van der Waals surface area contributed by atoms with Crippen LogP contribution in [0.1, 0.15) is 9.70 Å². The first-order chi connectivity index (χ1) is 4.34. The zero-order valence-corrected chi connectivity index (χ0v) is 8.67. The third-order valence-corrected chi connectivity index (χ3v) is 4.61. The summed E-state index contributed by atoms with van der Waals surface area (Å²) < 4.78 is 0. The fourth-order valence-electron chi connectivity index (χ4n) is 0.546. The number of hydrogen-bond acceptors (Lipinski definition) is 1. The summed E-state index contributed by atoms with van der Waals surface area (Å²) in [5.74, 6) is 0. The molecule has 0 spiro atoms. The lowest BCUT2D eigenvalue weighted by atomic mass is 10.4. The quantitative estimate of drug-likeness (QED) is 0.720. The first kappa shape index (κ1) is 7.76. The minimum absolute atomic E-state index is 0.484. The fourth-order valence-corrected chi connectivity index (χ4v) is 2.29. The minimum atomic E-state index is 0.484. The highest BCUT2D eigenvalue weighted by Crippen LogP contribution is 2.27. The molecule has 0 bridgehead atoms. The molecule has 1 aromatic heterocycles. The van der Waals surface area contributed by atoms with Crippen molar-refractivity contribution in [1.82, 2.24) is 0 Å². The third kappa shape index (κ3) is 2.06. The third-order valence-electron chi connectivity index (χ3n) is 0.987. The first-order valence-corrected chi connectivity index (χ1v) is 5.49. The summed E-state index contributed by atoms with van der Waals surface area (Å²) in [5.41, 5.74) is 0. The van der Waals surface area contributed by atoms with Crippen LogP contribution in [0.3, 0.4) is 0 Å². The maximum Gasteiger partial charge on any atom is 0.0585 e. The highest BCUT2D eigenvalue weighted by molar-refractivity contribution is 9.12. The van der Waals surface area contributed by atoms with Gasteiger partial charge in [-0.2, -0.15) is 0 Å². The van der Waals surface area contributed by atoms with Crippen LogP contribution in [0.15, 0.2) is 17.5 Å². The molecule has 0 aliphatic heterocycles. The Morgan fingerprint density at radius 3 is 2.89 bits per heavy atom. The highest BCUT2D eigenvalue weighted by atomic mass is 79.9. The van der Waals surface area contributed by atoms with E-state index in [-0.39, 0.29) is 0 Å². The second kappa shape index (κ2) is 3.74. The van der Waals surface area contributed by atoms with Gasteiger partial charge in [-0.05, 0) is 11.4 Å². The normalized spacial score (nSPS) is 13.6. The highest BCUT2D eigenvalue weighted by Gasteiger charge is 2.04. The van der Waals surface area contributed by atoms with E-state index in [9.17, 15) is 0 Å². The Balaban J connectivity index is 2.65. The average Bonchev–Trinajstić information content (AvgIpc) is 2.37. The summed E-state index contributed by atoms with van der Waals surface area (Å²) in [6.45, 7) is 0. The second-order valence-corrected chi connectivity index (χ2v) is 4.37. The Hall–Kier alpha value is 0.660. The van der Waals surface area contributed by atoms with Gasteiger partial charge in [0.2, 0.25) is 0 Å². The van der Waals surface area contributed by atoms with Crippen molar-refractivity contribution in [1.29, 1.82) is 0 Å². The molecule has 0 aliphatic rings. The fraction of sp³-hybridized carbons (Fsp3) is 0.333. The minimum Gasteiger partial charge on any atom is -0.148 e. The van der Waals surface area contributed by atoms with Gasteiger partial charge in [0.15, 0.2) is 0 Å². The van der Waals surface area contributed by atoms with Gasteiger partial charge >= 0.3 is 0 Å². The topological polar surface area (TPSA) is 0 Å². The summed E-state index contributed by atoms with van der Waals surface area (Å²) in [6, 6.07) is 4.20. The molecule has 1 heterocycles. The van der Waals surface area contributed by atoms with Crippen LogP contribution < -0.4 is 0 Å². The zero-order chi connectivity index (χ0) is 6.69. The van der Waals surface area contributed by atoms with Crippen molar-refractivity contribution in [2.45, 2.75) is 4.83 Å². The smallest absolute Gasteiger partial charge is 0.0585 e. The van der Waals surface area contributed by atoms with Crippen molar-refractivity contribution in [3.63, 3.8) is 0 Å². The predicted octanol–water partition coefficient (Wildman–Crippen LogP) is 3.58. The molecule has 0 saturated heterocycles. The Labute approximate surface area is 75.5 Å². The summed E-state index contributed by atoms with van der Waals surface area (Å²) in [4.78, 5) is 1.87. The maximum absolute atomic E-state index is 3.53. The zero-order valence-electron chi connectivity index (χ0n) is 4.68. The Kier molecular flexibility index (Phi) is 3.22. The summed E-state index contributed by atoms with van der Waals surface area (Å²) >= 11 is 8.70. The molecular formula is C6H6Br2S. The molecule has 0 aliphatic carbocycles. The summed E-state index contributed by atoms with van der Waals surface area (Å²) in [6.07, 6.45) is 0. The molecule has 1 atom stereocenters. The lowest BCUT2D eigenvalue weighted by molar-refractivity contribution is 1.20. The number of hydrogen-bond donors (Lipinski definition) is 0. The van der Waals surface area contributed by atoms with Gasteiger partial charge in [-0.1, -0.05) is 37.9 Å². The molecule has 0 aromatic carbocycles. The van der Waals surface area contributed by atoms with E-state index in [0.29, 0.717) is 4.83 Å². The number of rotatable bonds is 2. The van der Waals surface area contributed by atoms with Crippen LogP contribution >= 0.6 is 43.2 Å². The maximum atomic E-state index is 3.53. The van der Waals surface area contributed by atoms with Crippen molar-refractivity contribution < 1.29 is 0 Å². The first-order valence-electron chi connectivity index (χ1n) is 2.58. The second-order valence-electron chi connectivity index (χ2n) is 1.64. The SMILES string of the molecule is BrCC(Br)c1cccs1. The van der Waals surface area contributed by atoms with Crippen LogP contribution in [0.4, 0.5) is 0 Å². The van der Waals surface area contributed by atoms with Crippen molar-refractivity contribution >= 4 is 43.2 Å². The van der Waals surface area contributed by atoms with E-state index in [1.165, 1.54) is 4.88 Å². The average molecular weight is 270 g/mol. The van der Waals surface area contributed by atoms with E-state index in [1.54, 1.807) is 11.3 Å². The van der Waals surface area contributed by atoms with Crippen LogP contribution in [-0.2, 0) is 0 Å². The van der Waals surface area contributed by atoms with E-state index >= 15 is 0 Å². The molecule has 0 radical (unpaired) electrons. The van der Waals surface area contributed by atoms with E-state index in [1.807, 2.05) is 0 Å². The molecule has 0 amide bonds. The molecule has 1 unspecified atom stereocenters. The largest absolute Gasteiger partial charge is 0.148 e. The predicted molar refractivity (Wildman–Crippen MR) is 49.8 cm³/mol. The molecule has 0 fully saturated rings. The van der Waals surface area contributed by atoms with E-state index < -0.39 is 0 Å². The van der Waals surface area contributed by atoms with Crippen LogP contribution in [0.2, 0.25) is 0 Å². The van der Waals surface area contributed by atoms with E-state index in [0.717, 1.165) is 5.33 Å². The van der Waals surface area contributed by atoms with Crippen molar-refractivity contribution in [2.75, 3.05) is 5.33 Å². The van der Waals surface area contributed by atoms with Gasteiger partial charge in [0.25, 0.3) is 0 Å². The molecule has 9 heavy (non-hydrogen) atoms.